The van der Waals surface area contributed by atoms with Gasteiger partial charge in [0.1, 0.15) is 5.75 Å². The van der Waals surface area contributed by atoms with Crippen molar-refractivity contribution in [1.29, 1.82) is 0 Å². The Morgan fingerprint density at radius 2 is 1.75 bits per heavy atom. The number of benzene rings is 1. The zero-order valence-electron chi connectivity index (χ0n) is 13.7. The Bertz CT molecular complexity index is 759. The van der Waals surface area contributed by atoms with Crippen molar-refractivity contribution in [2.24, 2.45) is 22.7 Å². The van der Waals surface area contributed by atoms with Gasteiger partial charge in [0.25, 0.3) is 0 Å². The SMILES string of the molecule is Oc1ccccc1/C=N\c1nc(C23CC4CC(CC(C4)C2)C3)cs1. The Labute approximate surface area is 146 Å². The zero-order chi connectivity index (χ0) is 16.1. The minimum absolute atomic E-state index is 0.263. The molecule has 24 heavy (non-hydrogen) atoms. The van der Waals surface area contributed by atoms with Gasteiger partial charge in [-0.3, -0.25) is 0 Å². The Morgan fingerprint density at radius 3 is 2.42 bits per heavy atom. The molecule has 4 aliphatic rings. The lowest BCUT2D eigenvalue weighted by Crippen LogP contribution is -2.48. The van der Waals surface area contributed by atoms with Gasteiger partial charge >= 0.3 is 0 Å². The maximum Gasteiger partial charge on any atom is 0.209 e. The third-order valence-electron chi connectivity index (χ3n) is 6.32. The molecule has 0 spiro atoms. The third-order valence-corrected chi connectivity index (χ3v) is 7.07. The van der Waals surface area contributed by atoms with Gasteiger partial charge in [-0.2, -0.15) is 0 Å². The van der Waals surface area contributed by atoms with Crippen LogP contribution in [0, 0.1) is 17.8 Å². The van der Waals surface area contributed by atoms with E-state index < -0.39 is 0 Å². The first kappa shape index (κ1) is 14.6. The molecule has 4 bridgehead atoms. The Hall–Kier alpha value is -1.68. The average Bonchev–Trinajstić information content (AvgIpc) is 3.03. The molecule has 1 N–H and O–H groups in total. The van der Waals surface area contributed by atoms with Gasteiger partial charge in [0.15, 0.2) is 0 Å². The molecule has 1 aromatic heterocycles. The van der Waals surface area contributed by atoms with Gasteiger partial charge in [0.05, 0.1) is 5.69 Å². The van der Waals surface area contributed by atoms with E-state index in [-0.39, 0.29) is 5.75 Å². The van der Waals surface area contributed by atoms with Crippen LogP contribution in [0.2, 0.25) is 0 Å². The summed E-state index contributed by atoms with van der Waals surface area (Å²) in [4.78, 5) is 9.39. The standard InChI is InChI=1S/C20H22N2OS/c23-17-4-2-1-3-16(17)11-21-19-22-18(12-24-19)20-8-13-5-14(9-20)7-15(6-13)10-20/h1-4,11-15,23H,5-10H2/b21-11-. The maximum atomic E-state index is 9.84. The molecule has 3 nitrogen and oxygen atoms in total. The van der Waals surface area contributed by atoms with Crippen LogP contribution in [-0.4, -0.2) is 16.3 Å². The number of aromatic hydroxyl groups is 1. The second-order valence-corrected chi connectivity index (χ2v) is 8.87. The van der Waals surface area contributed by atoms with Gasteiger partial charge in [0, 0.05) is 22.6 Å². The minimum atomic E-state index is 0.263. The van der Waals surface area contributed by atoms with Gasteiger partial charge in [-0.15, -0.1) is 11.3 Å². The highest BCUT2D eigenvalue weighted by atomic mass is 32.1. The summed E-state index contributed by atoms with van der Waals surface area (Å²) in [5, 5.41) is 12.9. The van der Waals surface area contributed by atoms with Gasteiger partial charge in [-0.1, -0.05) is 12.1 Å². The lowest BCUT2D eigenvalue weighted by molar-refractivity contribution is -0.00688. The van der Waals surface area contributed by atoms with Crippen LogP contribution in [0.5, 0.6) is 5.75 Å². The molecule has 0 saturated heterocycles. The van der Waals surface area contributed by atoms with E-state index in [1.165, 1.54) is 44.2 Å². The number of rotatable bonds is 3. The van der Waals surface area contributed by atoms with E-state index in [1.807, 2.05) is 18.2 Å². The van der Waals surface area contributed by atoms with Gasteiger partial charge in [-0.05, 0) is 68.4 Å². The number of aliphatic imine (C=N–C) groups is 1. The first-order valence-electron chi connectivity index (χ1n) is 8.98. The van der Waals surface area contributed by atoms with E-state index in [2.05, 4.69) is 10.4 Å². The van der Waals surface area contributed by atoms with E-state index in [0.29, 0.717) is 5.41 Å². The molecular weight excluding hydrogens is 316 g/mol. The van der Waals surface area contributed by atoms with Crippen molar-refractivity contribution in [1.82, 2.24) is 4.98 Å². The molecule has 4 aliphatic carbocycles. The summed E-state index contributed by atoms with van der Waals surface area (Å²) in [5.41, 5.74) is 2.37. The van der Waals surface area contributed by atoms with Crippen molar-refractivity contribution in [2.75, 3.05) is 0 Å². The number of aromatic nitrogens is 1. The number of hydrogen-bond acceptors (Lipinski definition) is 4. The smallest absolute Gasteiger partial charge is 0.209 e. The largest absolute Gasteiger partial charge is 0.507 e. The monoisotopic (exact) mass is 338 g/mol. The summed E-state index contributed by atoms with van der Waals surface area (Å²) in [6.07, 6.45) is 10.1. The average molecular weight is 338 g/mol. The first-order chi connectivity index (χ1) is 11.7. The van der Waals surface area contributed by atoms with Crippen molar-refractivity contribution in [3.05, 3.63) is 40.9 Å². The van der Waals surface area contributed by atoms with E-state index in [0.717, 1.165) is 28.4 Å². The van der Waals surface area contributed by atoms with E-state index in [1.54, 1.807) is 23.6 Å². The van der Waals surface area contributed by atoms with Crippen molar-refractivity contribution >= 4 is 22.7 Å². The van der Waals surface area contributed by atoms with E-state index in [9.17, 15) is 5.11 Å². The summed E-state index contributed by atoms with van der Waals surface area (Å²) >= 11 is 1.63. The highest BCUT2D eigenvalue weighted by molar-refractivity contribution is 7.13. The zero-order valence-corrected chi connectivity index (χ0v) is 14.5. The van der Waals surface area contributed by atoms with Crippen LogP contribution in [0.4, 0.5) is 5.13 Å². The number of phenolic OH excluding ortho intramolecular Hbond substituents is 1. The van der Waals surface area contributed by atoms with Gasteiger partial charge < -0.3 is 5.11 Å². The summed E-state index contributed by atoms with van der Waals surface area (Å²) < 4.78 is 0. The fourth-order valence-electron chi connectivity index (χ4n) is 5.71. The molecular formula is C20H22N2OS. The van der Waals surface area contributed by atoms with Crippen LogP contribution in [-0.2, 0) is 5.41 Å². The molecule has 1 heterocycles. The Morgan fingerprint density at radius 1 is 1.08 bits per heavy atom. The quantitative estimate of drug-likeness (QED) is 0.794. The summed E-state index contributed by atoms with van der Waals surface area (Å²) in [7, 11) is 0. The predicted molar refractivity (Wildman–Crippen MR) is 97.3 cm³/mol. The normalized spacial score (nSPS) is 34.2. The molecule has 0 amide bonds. The predicted octanol–water partition coefficient (Wildman–Crippen LogP) is 5.07. The van der Waals surface area contributed by atoms with Crippen molar-refractivity contribution < 1.29 is 5.11 Å². The highest BCUT2D eigenvalue weighted by Crippen LogP contribution is 2.60. The first-order valence-corrected chi connectivity index (χ1v) is 9.86. The van der Waals surface area contributed by atoms with Crippen LogP contribution in [0.3, 0.4) is 0 Å². The molecule has 4 saturated carbocycles. The molecule has 0 atom stereocenters. The second-order valence-electron chi connectivity index (χ2n) is 8.03. The van der Waals surface area contributed by atoms with Crippen molar-refractivity contribution in [2.45, 2.75) is 43.9 Å². The Balaban J connectivity index is 1.41. The molecule has 4 heteroatoms. The molecule has 124 valence electrons. The molecule has 4 fully saturated rings. The van der Waals surface area contributed by atoms with Crippen LogP contribution in [0.15, 0.2) is 34.6 Å². The fraction of sp³-hybridized carbons (Fsp3) is 0.500. The van der Waals surface area contributed by atoms with Gasteiger partial charge in [-0.25, -0.2) is 9.98 Å². The molecule has 0 aliphatic heterocycles. The molecule has 6 rings (SSSR count). The van der Waals surface area contributed by atoms with Crippen molar-refractivity contribution in [3.63, 3.8) is 0 Å². The molecule has 0 unspecified atom stereocenters. The van der Waals surface area contributed by atoms with E-state index in [4.69, 9.17) is 4.98 Å². The third kappa shape index (κ3) is 2.39. The number of nitrogens with zero attached hydrogens (tertiary/aromatic N) is 2. The summed E-state index contributed by atoms with van der Waals surface area (Å²) in [6, 6.07) is 7.28. The number of thiazole rings is 1. The summed E-state index contributed by atoms with van der Waals surface area (Å²) in [6.45, 7) is 0. The van der Waals surface area contributed by atoms with Gasteiger partial charge in [0.2, 0.25) is 5.13 Å². The maximum absolute atomic E-state index is 9.84. The highest BCUT2D eigenvalue weighted by Gasteiger charge is 2.52. The lowest BCUT2D eigenvalue weighted by atomic mass is 9.49. The Kier molecular flexibility index (Phi) is 3.30. The van der Waals surface area contributed by atoms with Crippen LogP contribution in [0.25, 0.3) is 0 Å². The van der Waals surface area contributed by atoms with Crippen molar-refractivity contribution in [3.8, 4) is 5.75 Å². The number of para-hydroxylation sites is 1. The number of phenols is 1. The minimum Gasteiger partial charge on any atom is -0.507 e. The topological polar surface area (TPSA) is 45.5 Å². The second kappa shape index (κ2) is 5.41. The molecule has 2 aromatic rings. The fourth-order valence-corrected chi connectivity index (χ4v) is 6.50. The summed E-state index contributed by atoms with van der Waals surface area (Å²) in [5.74, 6) is 3.07. The molecule has 1 aromatic carbocycles. The van der Waals surface area contributed by atoms with Crippen LogP contribution < -0.4 is 0 Å². The lowest BCUT2D eigenvalue weighted by Gasteiger charge is -2.56. The van der Waals surface area contributed by atoms with E-state index >= 15 is 0 Å². The molecule has 0 radical (unpaired) electrons. The van der Waals surface area contributed by atoms with Crippen LogP contribution in [0.1, 0.15) is 49.8 Å². The number of hydrogen-bond donors (Lipinski definition) is 1. The van der Waals surface area contributed by atoms with Crippen LogP contribution >= 0.6 is 11.3 Å².